The minimum Gasteiger partial charge on any atom is -0.331 e. The van der Waals surface area contributed by atoms with Gasteiger partial charge in [-0.05, 0) is 41.8 Å². The number of nitrogens with one attached hydrogen (secondary N) is 2. The van der Waals surface area contributed by atoms with E-state index in [1.165, 1.54) is 28.7 Å². The van der Waals surface area contributed by atoms with Crippen molar-refractivity contribution in [2.24, 2.45) is 0 Å². The van der Waals surface area contributed by atoms with Gasteiger partial charge in [0.15, 0.2) is 16.7 Å². The van der Waals surface area contributed by atoms with Crippen molar-refractivity contribution in [2.75, 3.05) is 13.1 Å². The average molecular weight is 483 g/mol. The molecular weight excluding hydrogens is 465 g/mol. The highest BCUT2D eigenvalue weighted by molar-refractivity contribution is 7.89. The van der Waals surface area contributed by atoms with Gasteiger partial charge in [0, 0.05) is 25.2 Å². The number of hydrogen-bond acceptors (Lipinski definition) is 4. The number of rotatable bonds is 5. The summed E-state index contributed by atoms with van der Waals surface area (Å²) >= 11 is 5.94. The van der Waals surface area contributed by atoms with Gasteiger partial charge in [0.05, 0.1) is 17.1 Å². The molecule has 3 heterocycles. The van der Waals surface area contributed by atoms with Gasteiger partial charge in [-0.3, -0.25) is 0 Å². The van der Waals surface area contributed by atoms with Crippen molar-refractivity contribution >= 4 is 21.6 Å². The molecule has 0 radical (unpaired) electrons. The van der Waals surface area contributed by atoms with Crippen LogP contribution in [0.1, 0.15) is 29.3 Å². The van der Waals surface area contributed by atoms with E-state index in [2.05, 4.69) is 15.3 Å². The molecule has 5 rings (SSSR count). The Balaban J connectivity index is 1.57. The lowest BCUT2D eigenvalue weighted by Gasteiger charge is -2.25. The summed E-state index contributed by atoms with van der Waals surface area (Å²) in [6.07, 6.45) is 1.97. The van der Waals surface area contributed by atoms with E-state index in [9.17, 15) is 21.6 Å². The Kier molecular flexibility index (Phi) is 5.28. The molecule has 2 bridgehead atoms. The van der Waals surface area contributed by atoms with Crippen molar-refractivity contribution in [3.8, 4) is 0 Å². The second-order valence-corrected chi connectivity index (χ2v) is 10.2. The summed E-state index contributed by atoms with van der Waals surface area (Å²) in [6.45, 7) is 0.970. The summed E-state index contributed by atoms with van der Waals surface area (Å²) in [4.78, 5) is 7.08. The Hall–Kier alpha value is -2.40. The van der Waals surface area contributed by atoms with Crippen molar-refractivity contribution < 1.29 is 21.6 Å². The Morgan fingerprint density at radius 1 is 1.06 bits per heavy atom. The van der Waals surface area contributed by atoms with E-state index in [4.69, 9.17) is 11.6 Å². The van der Waals surface area contributed by atoms with Crippen molar-refractivity contribution in [3.05, 3.63) is 82.0 Å². The highest BCUT2D eigenvalue weighted by Gasteiger charge is 2.45. The lowest BCUT2D eigenvalue weighted by atomic mass is 9.90. The topological polar surface area (TPSA) is 78.1 Å². The maximum Gasteiger partial charge on any atom is 0.260 e. The zero-order chi connectivity index (χ0) is 22.6. The Morgan fingerprint density at radius 3 is 2.41 bits per heavy atom. The molecule has 0 spiro atoms. The first-order valence-electron chi connectivity index (χ1n) is 9.94. The number of fused-ring (bicyclic) bond motifs is 2. The molecule has 2 aliphatic heterocycles. The van der Waals surface area contributed by atoms with Crippen molar-refractivity contribution in [1.82, 2.24) is 19.6 Å². The van der Waals surface area contributed by atoms with Gasteiger partial charge in [-0.25, -0.2) is 26.6 Å². The van der Waals surface area contributed by atoms with E-state index >= 15 is 0 Å². The molecule has 1 aromatic heterocycles. The average Bonchev–Trinajstić information content (AvgIpc) is 3.51. The SMILES string of the molecule is O=S(=O)(c1cnc(C(c2ccc(F)c(F)c2)c2ccc(F)c(Cl)c2)[nH]1)N1CC2CC1CN2. The summed E-state index contributed by atoms with van der Waals surface area (Å²) in [5, 5.41) is 3.00. The fourth-order valence-corrected chi connectivity index (χ4v) is 6.22. The molecule has 2 aromatic carbocycles. The maximum atomic E-state index is 14.0. The molecule has 2 aliphatic rings. The van der Waals surface area contributed by atoms with E-state index in [-0.39, 0.29) is 28.0 Å². The van der Waals surface area contributed by atoms with Crippen LogP contribution in [0.4, 0.5) is 13.2 Å². The standard InChI is InChI=1S/C21H18ClF3N4O2S/c22-15-5-11(1-3-16(15)23)20(12-2-4-17(24)18(25)6-12)21-27-9-19(28-21)32(30,31)29-10-13-7-14(29)8-26-13/h1-6,9,13-14,20,26H,7-8,10H2,(H,27,28). The number of H-pyrrole nitrogens is 1. The zero-order valence-corrected chi connectivity index (χ0v) is 18.1. The normalized spacial score (nSPS) is 21.9. The van der Waals surface area contributed by atoms with Crippen LogP contribution in [-0.4, -0.2) is 47.9 Å². The van der Waals surface area contributed by atoms with Crippen LogP contribution in [0.25, 0.3) is 0 Å². The first-order valence-corrected chi connectivity index (χ1v) is 11.8. The molecule has 2 N–H and O–H groups in total. The molecule has 3 aromatic rings. The van der Waals surface area contributed by atoms with E-state index in [0.717, 1.165) is 24.6 Å². The number of aromatic amines is 1. The largest absolute Gasteiger partial charge is 0.331 e. The van der Waals surface area contributed by atoms with Crippen LogP contribution in [-0.2, 0) is 10.0 Å². The van der Waals surface area contributed by atoms with Gasteiger partial charge < -0.3 is 10.3 Å². The summed E-state index contributed by atoms with van der Waals surface area (Å²) in [5.41, 5.74) is 0.736. The fraction of sp³-hybridized carbons (Fsp3) is 0.286. The molecule has 3 unspecified atom stereocenters. The second-order valence-electron chi connectivity index (χ2n) is 7.98. The predicted molar refractivity (Wildman–Crippen MR) is 111 cm³/mol. The van der Waals surface area contributed by atoms with Gasteiger partial charge in [0.25, 0.3) is 10.0 Å². The predicted octanol–water partition coefficient (Wildman–Crippen LogP) is 3.40. The van der Waals surface area contributed by atoms with E-state index in [0.29, 0.717) is 24.2 Å². The minimum atomic E-state index is -3.82. The van der Waals surface area contributed by atoms with E-state index in [1.807, 2.05) is 0 Å². The number of benzene rings is 2. The molecule has 168 valence electrons. The van der Waals surface area contributed by atoms with Crippen LogP contribution in [0, 0.1) is 17.5 Å². The molecule has 0 aliphatic carbocycles. The summed E-state index contributed by atoms with van der Waals surface area (Å²) < 4.78 is 69.1. The molecule has 32 heavy (non-hydrogen) atoms. The Labute approximate surface area is 187 Å². The minimum absolute atomic E-state index is 0.0964. The number of imidazole rings is 1. The summed E-state index contributed by atoms with van der Waals surface area (Å²) in [6, 6.07) is 7.29. The lowest BCUT2D eigenvalue weighted by Crippen LogP contribution is -2.46. The number of aromatic nitrogens is 2. The van der Waals surface area contributed by atoms with Gasteiger partial charge in [0.1, 0.15) is 11.6 Å². The molecule has 0 saturated carbocycles. The molecule has 2 fully saturated rings. The maximum absolute atomic E-state index is 14.0. The van der Waals surface area contributed by atoms with Crippen LogP contribution in [0.2, 0.25) is 5.02 Å². The monoisotopic (exact) mass is 482 g/mol. The lowest BCUT2D eigenvalue weighted by molar-refractivity contribution is 0.347. The van der Waals surface area contributed by atoms with Crippen molar-refractivity contribution in [3.63, 3.8) is 0 Å². The van der Waals surface area contributed by atoms with Gasteiger partial charge in [-0.15, -0.1) is 0 Å². The van der Waals surface area contributed by atoms with Crippen LogP contribution in [0.15, 0.2) is 47.6 Å². The van der Waals surface area contributed by atoms with Gasteiger partial charge in [-0.1, -0.05) is 23.7 Å². The van der Waals surface area contributed by atoms with Gasteiger partial charge in [-0.2, -0.15) is 4.31 Å². The smallest absolute Gasteiger partial charge is 0.260 e. The Morgan fingerprint density at radius 2 is 1.78 bits per heavy atom. The van der Waals surface area contributed by atoms with Gasteiger partial charge >= 0.3 is 0 Å². The quantitative estimate of drug-likeness (QED) is 0.584. The van der Waals surface area contributed by atoms with E-state index < -0.39 is 33.4 Å². The molecule has 2 saturated heterocycles. The molecule has 6 nitrogen and oxygen atoms in total. The number of hydrogen-bond donors (Lipinski definition) is 2. The number of nitrogens with zero attached hydrogens (tertiary/aromatic N) is 2. The van der Waals surface area contributed by atoms with Crippen LogP contribution < -0.4 is 5.32 Å². The zero-order valence-electron chi connectivity index (χ0n) is 16.5. The third kappa shape index (κ3) is 3.61. The summed E-state index contributed by atoms with van der Waals surface area (Å²) in [7, 11) is -3.82. The first kappa shape index (κ1) is 21.4. The van der Waals surface area contributed by atoms with Gasteiger partial charge in [0.2, 0.25) is 0 Å². The van der Waals surface area contributed by atoms with Crippen LogP contribution in [0.5, 0.6) is 0 Å². The number of sulfonamides is 1. The molecular formula is C21H18ClF3N4O2S. The highest BCUT2D eigenvalue weighted by Crippen LogP contribution is 2.35. The van der Waals surface area contributed by atoms with E-state index in [1.54, 1.807) is 0 Å². The van der Waals surface area contributed by atoms with Crippen LogP contribution in [0.3, 0.4) is 0 Å². The molecule has 11 heteroatoms. The summed E-state index contributed by atoms with van der Waals surface area (Å²) in [5.74, 6) is -3.38. The third-order valence-electron chi connectivity index (χ3n) is 5.99. The fourth-order valence-electron chi connectivity index (χ4n) is 4.43. The Bertz CT molecular complexity index is 1250. The van der Waals surface area contributed by atoms with Crippen molar-refractivity contribution in [2.45, 2.75) is 29.4 Å². The number of halogens is 4. The highest BCUT2D eigenvalue weighted by atomic mass is 35.5. The number of piperazine rings is 1. The van der Waals surface area contributed by atoms with Crippen molar-refractivity contribution in [1.29, 1.82) is 0 Å². The molecule has 0 amide bonds. The second kappa shape index (κ2) is 7.87. The third-order valence-corrected chi connectivity index (χ3v) is 8.11. The molecule has 3 atom stereocenters. The van der Waals surface area contributed by atoms with Crippen LogP contribution >= 0.6 is 11.6 Å². The first-order chi connectivity index (χ1) is 15.2.